The zero-order chi connectivity index (χ0) is 13.5. The number of hydrazine groups is 2. The van der Waals surface area contributed by atoms with Crippen LogP contribution in [0, 0.1) is 0 Å². The fourth-order valence-corrected chi connectivity index (χ4v) is 2.59. The van der Waals surface area contributed by atoms with Gasteiger partial charge in [-0.15, -0.1) is 5.53 Å². The van der Waals surface area contributed by atoms with Crippen LogP contribution >= 0.6 is 16.1 Å². The number of nitrogens with zero attached hydrogens (tertiary/aromatic N) is 3. The van der Waals surface area contributed by atoms with E-state index in [1.54, 1.807) is 10.2 Å². The molecule has 20 heavy (non-hydrogen) atoms. The molecule has 3 aromatic rings. The molecule has 98 valence electrons. The minimum absolute atomic E-state index is 0.866. The third-order valence-electron chi connectivity index (χ3n) is 3.25. The summed E-state index contributed by atoms with van der Waals surface area (Å²) in [6, 6.07) is 12.2. The first-order valence-corrected chi connectivity index (χ1v) is 6.85. The number of pyridine rings is 2. The van der Waals surface area contributed by atoms with Crippen LogP contribution in [-0.2, 0) is 0 Å². The topological polar surface area (TPSA) is 53.1 Å². The maximum Gasteiger partial charge on any atom is 0.0972 e. The molecule has 0 unspecified atom stereocenters. The zero-order valence-corrected chi connectivity index (χ0v) is 11.9. The van der Waals surface area contributed by atoms with E-state index < -0.39 is 0 Å². The molecule has 0 spiro atoms. The molecule has 0 aliphatic carbocycles. The number of aromatic nitrogens is 2. The summed E-state index contributed by atoms with van der Waals surface area (Å²) < 4.78 is 1.66. The van der Waals surface area contributed by atoms with Crippen LogP contribution < -0.4 is 11.0 Å². The summed E-state index contributed by atoms with van der Waals surface area (Å²) in [5.41, 5.74) is 9.55. The third-order valence-corrected chi connectivity index (χ3v) is 3.63. The highest BCUT2D eigenvalue weighted by Crippen LogP contribution is 2.24. The number of fused-ring (bicyclic) bond motifs is 3. The van der Waals surface area contributed by atoms with Crippen LogP contribution in [0.3, 0.4) is 0 Å². The van der Waals surface area contributed by atoms with Crippen molar-refractivity contribution in [1.29, 1.82) is 0 Å². The molecule has 0 atom stereocenters. The number of benzene rings is 1. The van der Waals surface area contributed by atoms with Gasteiger partial charge < -0.3 is 0 Å². The maximum atomic E-state index is 4.74. The molecule has 0 amide bonds. The number of rotatable bonds is 1. The average molecular weight is 328 g/mol. The molecule has 2 N–H and O–H groups in total. The highest BCUT2D eigenvalue weighted by molar-refractivity contribution is 9.07. The summed E-state index contributed by atoms with van der Waals surface area (Å²) in [5.74, 6) is 0. The first-order chi connectivity index (χ1) is 9.81. The van der Waals surface area contributed by atoms with Crippen molar-refractivity contribution in [3.05, 3.63) is 54.5 Å². The first-order valence-electron chi connectivity index (χ1n) is 6.15. The Morgan fingerprint density at radius 2 is 1.80 bits per heavy atom. The van der Waals surface area contributed by atoms with Crippen molar-refractivity contribution in [1.82, 2.24) is 25.0 Å². The Balaban J connectivity index is 1.98. The summed E-state index contributed by atoms with van der Waals surface area (Å²) in [4.78, 5) is 9.19. The molecule has 1 aromatic carbocycles. The Kier molecular flexibility index (Phi) is 2.58. The van der Waals surface area contributed by atoms with E-state index >= 15 is 0 Å². The molecule has 6 heteroatoms. The predicted molar refractivity (Wildman–Crippen MR) is 82.1 cm³/mol. The van der Waals surface area contributed by atoms with Crippen molar-refractivity contribution >= 4 is 43.7 Å². The number of hydrogen-bond donors (Lipinski definition) is 2. The van der Waals surface area contributed by atoms with Gasteiger partial charge in [0, 0.05) is 17.0 Å². The lowest BCUT2D eigenvalue weighted by atomic mass is 10.1. The molecule has 4 rings (SSSR count). The van der Waals surface area contributed by atoms with Gasteiger partial charge in [0.15, 0.2) is 0 Å². The molecular weight excluding hydrogens is 318 g/mol. The Morgan fingerprint density at radius 3 is 2.60 bits per heavy atom. The van der Waals surface area contributed by atoms with Crippen LogP contribution in [-0.4, -0.2) is 14.0 Å². The van der Waals surface area contributed by atoms with E-state index in [0.29, 0.717) is 0 Å². The van der Waals surface area contributed by atoms with Gasteiger partial charge in [-0.2, -0.15) is 0 Å². The van der Waals surface area contributed by atoms with Crippen LogP contribution in [0.25, 0.3) is 27.5 Å². The minimum Gasteiger partial charge on any atom is -0.299 e. The van der Waals surface area contributed by atoms with Crippen LogP contribution in [0.15, 0.2) is 48.8 Å². The van der Waals surface area contributed by atoms with Gasteiger partial charge in [-0.3, -0.25) is 10.4 Å². The molecular formula is C14H10BrN5. The fourth-order valence-electron chi connectivity index (χ4n) is 2.30. The molecule has 0 fully saturated rings. The lowest BCUT2D eigenvalue weighted by Gasteiger charge is -2.06. The standard InChI is InChI=1S/C14H10BrN5/c15-20-8-12(18-19-20)11-6-5-10-4-3-9-2-1-7-16-13(9)14(10)17-11/h1-8,18-19H. The van der Waals surface area contributed by atoms with Crippen LogP contribution in [0.1, 0.15) is 5.69 Å². The predicted octanol–water partition coefficient (Wildman–Crippen LogP) is 2.72. The maximum absolute atomic E-state index is 4.74. The molecule has 0 saturated carbocycles. The smallest absolute Gasteiger partial charge is 0.0972 e. The van der Waals surface area contributed by atoms with Crippen LogP contribution in [0.5, 0.6) is 0 Å². The quantitative estimate of drug-likeness (QED) is 0.531. The second-order valence-electron chi connectivity index (χ2n) is 4.50. The average Bonchev–Trinajstić information content (AvgIpc) is 2.93. The highest BCUT2D eigenvalue weighted by Gasteiger charge is 2.13. The van der Waals surface area contributed by atoms with Gasteiger partial charge in [-0.25, -0.2) is 9.02 Å². The summed E-state index contributed by atoms with van der Waals surface area (Å²) in [6.45, 7) is 0. The van der Waals surface area contributed by atoms with Gasteiger partial charge in [-0.05, 0) is 12.1 Å². The minimum atomic E-state index is 0.866. The Labute approximate surface area is 123 Å². The van der Waals surface area contributed by atoms with E-state index in [4.69, 9.17) is 4.98 Å². The lowest BCUT2D eigenvalue weighted by Crippen LogP contribution is -2.29. The first kappa shape index (κ1) is 11.6. The molecule has 1 aliphatic heterocycles. The van der Waals surface area contributed by atoms with Crippen molar-refractivity contribution in [2.24, 2.45) is 0 Å². The number of halogens is 1. The molecule has 0 radical (unpaired) electrons. The molecule has 3 heterocycles. The summed E-state index contributed by atoms with van der Waals surface area (Å²) in [5, 5.41) is 2.18. The van der Waals surface area contributed by atoms with Gasteiger partial charge in [0.05, 0.1) is 44.8 Å². The SMILES string of the molecule is BrN1C=C(c2ccc3ccc4cccnc4c3n2)NN1. The largest absolute Gasteiger partial charge is 0.299 e. The van der Waals surface area contributed by atoms with E-state index in [2.05, 4.69) is 50.3 Å². The van der Waals surface area contributed by atoms with Gasteiger partial charge in [0.1, 0.15) is 0 Å². The zero-order valence-electron chi connectivity index (χ0n) is 10.3. The van der Waals surface area contributed by atoms with Crippen molar-refractivity contribution in [2.75, 3.05) is 0 Å². The normalized spacial score (nSPS) is 14.7. The van der Waals surface area contributed by atoms with Crippen molar-refractivity contribution in [2.45, 2.75) is 0 Å². The molecule has 2 aromatic heterocycles. The van der Waals surface area contributed by atoms with Crippen LogP contribution in [0.4, 0.5) is 0 Å². The second-order valence-corrected chi connectivity index (χ2v) is 5.26. The number of nitrogens with one attached hydrogen (secondary N) is 2. The molecule has 0 saturated heterocycles. The van der Waals surface area contributed by atoms with E-state index in [1.165, 1.54) is 0 Å². The molecule has 5 nitrogen and oxygen atoms in total. The van der Waals surface area contributed by atoms with Gasteiger partial charge >= 0.3 is 0 Å². The van der Waals surface area contributed by atoms with Crippen molar-refractivity contribution < 1.29 is 0 Å². The molecule has 0 bridgehead atoms. The van der Waals surface area contributed by atoms with Crippen molar-refractivity contribution in [3.63, 3.8) is 0 Å². The summed E-state index contributed by atoms with van der Waals surface area (Å²) in [6.07, 6.45) is 3.68. The van der Waals surface area contributed by atoms with Gasteiger partial charge in [0.25, 0.3) is 0 Å². The third kappa shape index (κ3) is 1.81. The molecule has 1 aliphatic rings. The van der Waals surface area contributed by atoms with E-state index in [0.717, 1.165) is 33.2 Å². The van der Waals surface area contributed by atoms with E-state index in [-0.39, 0.29) is 0 Å². The second kappa shape index (κ2) is 4.43. The monoisotopic (exact) mass is 327 g/mol. The number of hydrogen-bond acceptors (Lipinski definition) is 5. The van der Waals surface area contributed by atoms with Crippen LogP contribution in [0.2, 0.25) is 0 Å². The van der Waals surface area contributed by atoms with E-state index in [1.807, 2.05) is 24.4 Å². The lowest BCUT2D eigenvalue weighted by molar-refractivity contribution is 0.466. The Hall–Kier alpha value is -2.18. The summed E-state index contributed by atoms with van der Waals surface area (Å²) in [7, 11) is 0. The highest BCUT2D eigenvalue weighted by atomic mass is 79.9. The van der Waals surface area contributed by atoms with Gasteiger partial charge in [-0.1, -0.05) is 24.3 Å². The van der Waals surface area contributed by atoms with E-state index in [9.17, 15) is 0 Å². The van der Waals surface area contributed by atoms with Gasteiger partial charge in [0.2, 0.25) is 0 Å². The Bertz CT molecular complexity index is 845. The fraction of sp³-hybridized carbons (Fsp3) is 0. The van der Waals surface area contributed by atoms with Crippen molar-refractivity contribution in [3.8, 4) is 0 Å². The summed E-state index contributed by atoms with van der Waals surface area (Å²) >= 11 is 3.31. The Morgan fingerprint density at radius 1 is 1.00 bits per heavy atom.